The van der Waals surface area contributed by atoms with Crippen molar-refractivity contribution in [3.05, 3.63) is 145 Å². The van der Waals surface area contributed by atoms with Gasteiger partial charge in [-0.15, -0.1) is 0 Å². The van der Waals surface area contributed by atoms with E-state index >= 15 is 0 Å². The molecular formula is C46H45I2N17O8. The van der Waals surface area contributed by atoms with Gasteiger partial charge < -0.3 is 15.5 Å². The zero-order valence-corrected chi connectivity index (χ0v) is 43.6. The average Bonchev–Trinajstić information content (AvgIpc) is 4.26. The van der Waals surface area contributed by atoms with Crippen molar-refractivity contribution in [1.29, 1.82) is 0 Å². The lowest BCUT2D eigenvalue weighted by Crippen LogP contribution is -2.18. The van der Waals surface area contributed by atoms with E-state index in [0.717, 1.165) is 113 Å². The van der Waals surface area contributed by atoms with E-state index < -0.39 is 14.8 Å². The minimum atomic E-state index is -0.424. The number of nitrogens with zero attached hydrogens (tertiary/aromatic N) is 14. The normalized spacial score (nSPS) is 13.0. The maximum absolute atomic E-state index is 10.8. The molecule has 5 aromatic heterocycles. The molecule has 0 amide bonds. The molecule has 4 N–H and O–H groups in total. The number of aryl methyl sites for hydroxylation is 3. The molecule has 2 fully saturated rings. The van der Waals surface area contributed by atoms with Gasteiger partial charge in [0.15, 0.2) is 11.6 Å². The Morgan fingerprint density at radius 1 is 0.534 bits per heavy atom. The third-order valence-corrected chi connectivity index (χ3v) is 13.6. The molecule has 27 heteroatoms. The molecule has 0 atom stereocenters. The summed E-state index contributed by atoms with van der Waals surface area (Å²) in [4.78, 5) is 45.1. The molecular weight excluding hydrogens is 1170 g/mol. The van der Waals surface area contributed by atoms with Crippen molar-refractivity contribution in [1.82, 2.24) is 49.7 Å². The zero-order chi connectivity index (χ0) is 52.1. The summed E-state index contributed by atoms with van der Waals surface area (Å²) in [5.74, 6) is 1.95. The quantitative estimate of drug-likeness (QED) is 0.0604. The fourth-order valence-electron chi connectivity index (χ4n) is 8.39. The van der Waals surface area contributed by atoms with Gasteiger partial charge in [-0.2, -0.15) is 25.5 Å². The number of hydrogen-bond acceptors (Lipinski definition) is 16. The number of nitrogen functional groups attached to an aromatic ring is 1. The lowest BCUT2D eigenvalue weighted by atomic mass is 10.2. The average molecular weight is 1220 g/mol. The number of hydrogen-bond donors (Lipinski definition) is 3. The number of aromatic nitrogens is 10. The van der Waals surface area contributed by atoms with Gasteiger partial charge in [-0.05, 0) is 113 Å². The number of nitro benzene ring substituents is 4. The van der Waals surface area contributed by atoms with E-state index in [1.807, 2.05) is 44.0 Å². The van der Waals surface area contributed by atoms with Crippen LogP contribution in [0.4, 0.5) is 40.1 Å². The maximum Gasteiger partial charge on any atom is 0.270 e. The van der Waals surface area contributed by atoms with Crippen molar-refractivity contribution in [2.45, 2.75) is 25.7 Å². The Balaban J connectivity index is 0.000000123. The summed E-state index contributed by atoms with van der Waals surface area (Å²) in [6.07, 6.45) is 6.41. The fourth-order valence-corrected chi connectivity index (χ4v) is 9.70. The van der Waals surface area contributed by atoms with Gasteiger partial charge in [0.25, 0.3) is 22.7 Å². The number of rotatable bonds is 6. The first-order valence-electron chi connectivity index (χ1n) is 22.4. The van der Waals surface area contributed by atoms with Gasteiger partial charge in [0, 0.05) is 123 Å². The Morgan fingerprint density at radius 2 is 0.973 bits per heavy atom. The minimum Gasteiger partial charge on any atom is -0.399 e. The largest absolute Gasteiger partial charge is 0.399 e. The third kappa shape index (κ3) is 11.5. The summed E-state index contributed by atoms with van der Waals surface area (Å²) >= 11 is 4.12. The molecule has 5 aromatic carbocycles. The first-order valence-corrected chi connectivity index (χ1v) is 24.6. The number of H-pyrrole nitrogens is 2. The SMILES string of the molecule is Cn1nc(I)c2cc([N+](=O)[O-])ccc21.Cn1nc(N2CCCC2)c2cc(N)ccc21.Cn1nc(N2CCCC2)c2cc([N+](=O)[O-])ccc21.O=[N+]([O-])c1ccc2[nH]ncc2c1.O=[N+]([O-])c1ccc2n[nH]c(I)c2c1. The van der Waals surface area contributed by atoms with Crippen molar-refractivity contribution < 1.29 is 19.7 Å². The predicted molar refractivity (Wildman–Crippen MR) is 294 cm³/mol. The molecule has 376 valence electrons. The van der Waals surface area contributed by atoms with Crippen LogP contribution in [0.2, 0.25) is 0 Å². The number of fused-ring (bicyclic) bond motifs is 5. The van der Waals surface area contributed by atoms with E-state index in [2.05, 4.69) is 90.7 Å². The molecule has 0 spiro atoms. The Hall–Kier alpha value is -8.09. The molecule has 2 aliphatic rings. The molecule has 0 unspecified atom stereocenters. The van der Waals surface area contributed by atoms with Crippen LogP contribution in [0.5, 0.6) is 0 Å². The second-order valence-corrected chi connectivity index (χ2v) is 18.9. The maximum atomic E-state index is 10.8. The monoisotopic (exact) mass is 1220 g/mol. The van der Waals surface area contributed by atoms with E-state index in [0.29, 0.717) is 0 Å². The van der Waals surface area contributed by atoms with Crippen LogP contribution >= 0.6 is 45.2 Å². The summed E-state index contributed by atoms with van der Waals surface area (Å²) in [5.41, 5.74) is 11.6. The third-order valence-electron chi connectivity index (χ3n) is 12.0. The number of anilines is 3. The number of non-ortho nitro benzene ring substituents is 4. The molecule has 2 saturated heterocycles. The standard InChI is InChI=1S/C12H14N4O2.C12H16N4.C8H6IN3O2.C7H4IN3O2.C7H5N3O2/c1-14-11-5-4-9(16(17)18)8-10(11)12(13-14)15-6-2-3-7-15;1-15-11-5-4-9(13)8-10(11)12(14-15)16-6-2-3-7-16;1-11-7-3-2-5(12(13)14)4-6(7)8(9)10-11;8-7-5-3-4(11(12)13)1-2-6(5)9-10-7;11-10(12)6-1-2-7-5(3-6)4-8-9-7/h4-5,8H,2-3,6-7H2,1H3;4-5,8H,2-3,6-7,13H2,1H3;2-4H,1H3;1-3H,(H,9,10);1-4H,(H,8,9). The molecule has 7 heterocycles. The first-order chi connectivity index (χ1) is 35.0. The summed E-state index contributed by atoms with van der Waals surface area (Å²) in [7, 11) is 5.67. The van der Waals surface area contributed by atoms with Crippen molar-refractivity contribution >= 4 is 140 Å². The highest BCUT2D eigenvalue weighted by Gasteiger charge is 2.22. The van der Waals surface area contributed by atoms with Gasteiger partial charge in [-0.3, -0.25) is 64.7 Å². The molecule has 12 rings (SSSR count). The molecule has 0 aliphatic carbocycles. The van der Waals surface area contributed by atoms with Gasteiger partial charge in [0.2, 0.25) is 0 Å². The Bertz CT molecular complexity index is 3690. The number of nitro groups is 4. The molecule has 25 nitrogen and oxygen atoms in total. The summed E-state index contributed by atoms with van der Waals surface area (Å²) < 4.78 is 7.02. The van der Waals surface area contributed by atoms with E-state index in [9.17, 15) is 40.5 Å². The van der Waals surface area contributed by atoms with Crippen molar-refractivity contribution in [3.63, 3.8) is 0 Å². The lowest BCUT2D eigenvalue weighted by Gasteiger charge is -2.14. The zero-order valence-electron chi connectivity index (χ0n) is 39.3. The van der Waals surface area contributed by atoms with E-state index in [4.69, 9.17) is 5.73 Å². The molecule has 0 radical (unpaired) electrons. The Labute approximate surface area is 440 Å². The molecule has 2 aliphatic heterocycles. The van der Waals surface area contributed by atoms with Gasteiger partial charge in [0.05, 0.1) is 58.9 Å². The van der Waals surface area contributed by atoms with Crippen molar-refractivity contribution in [3.8, 4) is 0 Å². The van der Waals surface area contributed by atoms with Gasteiger partial charge in [0.1, 0.15) is 7.40 Å². The molecule has 0 bridgehead atoms. The summed E-state index contributed by atoms with van der Waals surface area (Å²) in [6.45, 7) is 4.19. The van der Waals surface area contributed by atoms with Gasteiger partial charge >= 0.3 is 0 Å². The minimum absolute atomic E-state index is 0.0869. The Morgan fingerprint density at radius 3 is 1.52 bits per heavy atom. The summed E-state index contributed by atoms with van der Waals surface area (Å²) in [6, 6.07) is 24.8. The second kappa shape index (κ2) is 22.1. The van der Waals surface area contributed by atoms with Crippen LogP contribution in [0.3, 0.4) is 0 Å². The lowest BCUT2D eigenvalue weighted by molar-refractivity contribution is -0.384. The van der Waals surface area contributed by atoms with Crippen LogP contribution in [0, 0.1) is 47.9 Å². The van der Waals surface area contributed by atoms with Crippen LogP contribution in [0.15, 0.2) is 97.2 Å². The smallest absolute Gasteiger partial charge is 0.270 e. The van der Waals surface area contributed by atoms with Crippen LogP contribution < -0.4 is 15.5 Å². The number of benzene rings is 5. The van der Waals surface area contributed by atoms with Gasteiger partial charge in [-0.25, -0.2) is 0 Å². The van der Waals surface area contributed by atoms with Crippen LogP contribution in [0.25, 0.3) is 54.5 Å². The number of nitrogens with one attached hydrogen (secondary N) is 2. The number of aromatic amines is 2. The molecule has 10 aromatic rings. The van der Waals surface area contributed by atoms with E-state index in [1.54, 1.807) is 52.0 Å². The van der Waals surface area contributed by atoms with Crippen LogP contribution in [-0.4, -0.2) is 95.6 Å². The highest BCUT2D eigenvalue weighted by Crippen LogP contribution is 2.32. The number of halogens is 2. The van der Waals surface area contributed by atoms with E-state index in [-0.39, 0.29) is 27.7 Å². The van der Waals surface area contributed by atoms with Crippen LogP contribution in [-0.2, 0) is 21.1 Å². The fraction of sp³-hybridized carbons (Fsp3) is 0.239. The highest BCUT2D eigenvalue weighted by molar-refractivity contribution is 14.1. The summed E-state index contributed by atoms with van der Waals surface area (Å²) in [5, 5.41) is 73.0. The number of nitrogens with two attached hydrogens (primary N) is 1. The topological polar surface area (TPSA) is 316 Å². The van der Waals surface area contributed by atoms with Crippen molar-refractivity contribution in [2.24, 2.45) is 21.1 Å². The van der Waals surface area contributed by atoms with Crippen molar-refractivity contribution in [2.75, 3.05) is 41.7 Å². The first kappa shape index (κ1) is 51.3. The second-order valence-electron chi connectivity index (χ2n) is 16.8. The molecule has 73 heavy (non-hydrogen) atoms. The highest BCUT2D eigenvalue weighted by atomic mass is 127. The molecule has 0 saturated carbocycles. The Kier molecular flexibility index (Phi) is 15.5. The van der Waals surface area contributed by atoms with Gasteiger partial charge in [-0.1, -0.05) is 0 Å². The van der Waals surface area contributed by atoms with E-state index in [1.165, 1.54) is 54.6 Å². The van der Waals surface area contributed by atoms with Crippen LogP contribution in [0.1, 0.15) is 25.7 Å². The predicted octanol–water partition coefficient (Wildman–Crippen LogP) is 9.47.